The lowest BCUT2D eigenvalue weighted by Crippen LogP contribution is -2.11. The van der Waals surface area contributed by atoms with E-state index in [0.29, 0.717) is 12.3 Å². The molecule has 2 aliphatic rings. The Morgan fingerprint density at radius 1 is 1.29 bits per heavy atom. The van der Waals surface area contributed by atoms with Crippen molar-refractivity contribution >= 4 is 5.97 Å². The van der Waals surface area contributed by atoms with Gasteiger partial charge in [-0.2, -0.15) is 0 Å². The monoisotopic (exact) mass is 332 g/mol. The van der Waals surface area contributed by atoms with Crippen molar-refractivity contribution in [3.8, 4) is 0 Å². The number of carbonyl (C=O) groups excluding carboxylic acids is 1. The largest absolute Gasteiger partial charge is 0.466 e. The molecule has 3 heteroatoms. The zero-order chi connectivity index (χ0) is 17.7. The van der Waals surface area contributed by atoms with Gasteiger partial charge in [-0.3, -0.25) is 0 Å². The highest BCUT2D eigenvalue weighted by molar-refractivity contribution is 5.88. The topological polar surface area (TPSA) is 38.8 Å². The van der Waals surface area contributed by atoms with Crippen LogP contribution in [0.15, 0.2) is 34.9 Å². The van der Waals surface area contributed by atoms with E-state index in [2.05, 4.69) is 39.8 Å². The van der Waals surface area contributed by atoms with E-state index in [1.165, 1.54) is 18.3 Å². The van der Waals surface area contributed by atoms with Gasteiger partial charge < -0.3 is 9.47 Å². The van der Waals surface area contributed by atoms with Crippen molar-refractivity contribution in [3.63, 3.8) is 0 Å². The molecule has 0 aromatic carbocycles. The molecule has 0 radical (unpaired) electrons. The number of allylic oxidation sites excluding steroid dienone is 5. The van der Waals surface area contributed by atoms with Gasteiger partial charge in [0.1, 0.15) is 0 Å². The van der Waals surface area contributed by atoms with E-state index in [9.17, 15) is 4.79 Å². The summed E-state index contributed by atoms with van der Waals surface area (Å²) < 4.78 is 10.9. The van der Waals surface area contributed by atoms with Crippen molar-refractivity contribution in [2.45, 2.75) is 77.9 Å². The number of hydrogen-bond donors (Lipinski definition) is 0. The van der Waals surface area contributed by atoms with Crippen molar-refractivity contribution in [3.05, 3.63) is 34.9 Å². The van der Waals surface area contributed by atoms with Crippen LogP contribution in [0.4, 0.5) is 0 Å². The molecule has 2 atom stereocenters. The van der Waals surface area contributed by atoms with Crippen LogP contribution in [-0.4, -0.2) is 24.8 Å². The summed E-state index contributed by atoms with van der Waals surface area (Å²) in [6, 6.07) is 0. The molecule has 1 fully saturated rings. The van der Waals surface area contributed by atoms with Crippen LogP contribution in [0.3, 0.4) is 0 Å². The van der Waals surface area contributed by atoms with E-state index in [1.807, 2.05) is 6.08 Å². The lowest BCUT2D eigenvalue weighted by atomic mass is 9.92. The van der Waals surface area contributed by atoms with Crippen molar-refractivity contribution < 1.29 is 14.3 Å². The van der Waals surface area contributed by atoms with Crippen LogP contribution in [-0.2, 0) is 14.3 Å². The molecule has 24 heavy (non-hydrogen) atoms. The summed E-state index contributed by atoms with van der Waals surface area (Å²) in [6.07, 6.45) is 12.6. The van der Waals surface area contributed by atoms with Gasteiger partial charge in [-0.05, 0) is 58.3 Å². The SMILES string of the molecule is COC(=O)/C1=C/C=C(/C(C)C)CC/C(C)=C/CC[C@]2(C)O[C@H]2CC1. The van der Waals surface area contributed by atoms with E-state index in [1.54, 1.807) is 0 Å². The number of esters is 1. The number of methoxy groups -OCH3 is 1. The highest BCUT2D eigenvalue weighted by Gasteiger charge is 2.50. The first-order valence-corrected chi connectivity index (χ1v) is 9.17. The van der Waals surface area contributed by atoms with Crippen LogP contribution in [0.1, 0.15) is 66.2 Å². The highest BCUT2D eigenvalue weighted by Crippen LogP contribution is 2.43. The molecule has 3 nitrogen and oxygen atoms in total. The summed E-state index contributed by atoms with van der Waals surface area (Å²) >= 11 is 0. The second-order valence-electron chi connectivity index (χ2n) is 7.63. The second kappa shape index (κ2) is 8.15. The van der Waals surface area contributed by atoms with E-state index in [4.69, 9.17) is 9.47 Å². The molecule has 1 aliphatic carbocycles. The number of carbonyl (C=O) groups is 1. The molecule has 0 saturated carbocycles. The second-order valence-corrected chi connectivity index (χ2v) is 7.63. The fraction of sp³-hybridized carbons (Fsp3) is 0.667. The van der Waals surface area contributed by atoms with Gasteiger partial charge in [-0.1, -0.05) is 43.2 Å². The van der Waals surface area contributed by atoms with Gasteiger partial charge in [0, 0.05) is 5.57 Å². The molecule has 0 amide bonds. The summed E-state index contributed by atoms with van der Waals surface area (Å²) in [5.41, 5.74) is 3.56. The third kappa shape index (κ3) is 5.07. The smallest absolute Gasteiger partial charge is 0.333 e. The van der Waals surface area contributed by atoms with Gasteiger partial charge >= 0.3 is 5.97 Å². The average molecular weight is 332 g/mol. The van der Waals surface area contributed by atoms with Crippen molar-refractivity contribution in [1.82, 2.24) is 0 Å². The zero-order valence-corrected chi connectivity index (χ0v) is 15.9. The standard InChI is InChI=1S/C21H32O3/c1-15(2)17-9-8-16(3)7-6-14-21(4)19(24-21)13-12-18(11-10-17)20(22)23-5/h7,10-11,15,19H,6,8-9,12-14H2,1-5H3/b16-7+,17-10+,18-11+/t19-,21-/m0/s1. The molecule has 0 bridgehead atoms. The maximum atomic E-state index is 12.1. The molecule has 0 N–H and O–H groups in total. The molecule has 0 aromatic rings. The molecular formula is C21H32O3. The summed E-state index contributed by atoms with van der Waals surface area (Å²) in [6.45, 7) is 8.82. The van der Waals surface area contributed by atoms with Crippen molar-refractivity contribution in [2.75, 3.05) is 7.11 Å². The van der Waals surface area contributed by atoms with Crippen LogP contribution in [0.5, 0.6) is 0 Å². The van der Waals surface area contributed by atoms with E-state index < -0.39 is 0 Å². The van der Waals surface area contributed by atoms with Crippen LogP contribution in [0.2, 0.25) is 0 Å². The van der Waals surface area contributed by atoms with Gasteiger partial charge in [0.15, 0.2) is 0 Å². The first kappa shape index (κ1) is 19.0. The van der Waals surface area contributed by atoms with Gasteiger partial charge in [-0.25, -0.2) is 4.79 Å². The molecule has 1 heterocycles. The highest BCUT2D eigenvalue weighted by atomic mass is 16.6. The molecule has 0 spiro atoms. The maximum absolute atomic E-state index is 12.1. The van der Waals surface area contributed by atoms with Crippen molar-refractivity contribution in [1.29, 1.82) is 0 Å². The summed E-state index contributed by atoms with van der Waals surface area (Å²) in [4.78, 5) is 12.1. The first-order valence-electron chi connectivity index (χ1n) is 9.17. The van der Waals surface area contributed by atoms with E-state index in [-0.39, 0.29) is 17.7 Å². The Hall–Kier alpha value is -1.35. The Morgan fingerprint density at radius 2 is 2.04 bits per heavy atom. The Morgan fingerprint density at radius 3 is 2.71 bits per heavy atom. The summed E-state index contributed by atoms with van der Waals surface area (Å²) in [7, 11) is 1.45. The molecule has 0 unspecified atom stereocenters. The Kier molecular flexibility index (Phi) is 6.45. The lowest BCUT2D eigenvalue weighted by Gasteiger charge is -2.13. The quantitative estimate of drug-likeness (QED) is 0.400. The molecule has 1 aliphatic heterocycles. The van der Waals surface area contributed by atoms with E-state index >= 15 is 0 Å². The molecule has 2 rings (SSSR count). The Balaban J connectivity index is 2.23. The fourth-order valence-corrected chi connectivity index (χ4v) is 3.37. The number of hydrogen-bond acceptors (Lipinski definition) is 3. The minimum absolute atomic E-state index is 0.0128. The van der Waals surface area contributed by atoms with Gasteiger partial charge in [0.05, 0.1) is 18.8 Å². The minimum atomic E-state index is -0.222. The normalized spacial score (nSPS) is 35.4. The van der Waals surface area contributed by atoms with Crippen LogP contribution >= 0.6 is 0 Å². The summed E-state index contributed by atoms with van der Waals surface area (Å²) in [5, 5.41) is 0. The third-order valence-electron chi connectivity index (χ3n) is 5.34. The number of epoxide rings is 1. The lowest BCUT2D eigenvalue weighted by molar-refractivity contribution is -0.136. The van der Waals surface area contributed by atoms with Gasteiger partial charge in [0.2, 0.25) is 0 Å². The molecule has 1 saturated heterocycles. The maximum Gasteiger partial charge on any atom is 0.333 e. The predicted molar refractivity (Wildman–Crippen MR) is 97.8 cm³/mol. The minimum Gasteiger partial charge on any atom is -0.466 e. The third-order valence-corrected chi connectivity index (χ3v) is 5.34. The Labute approximate surface area is 146 Å². The number of fused-ring (bicyclic) bond motifs is 1. The first-order chi connectivity index (χ1) is 11.4. The Bertz CT molecular complexity index is 553. The number of rotatable bonds is 2. The predicted octanol–water partition coefficient (Wildman–Crippen LogP) is 5.13. The van der Waals surface area contributed by atoms with Gasteiger partial charge in [0.25, 0.3) is 0 Å². The molecular weight excluding hydrogens is 300 g/mol. The van der Waals surface area contributed by atoms with Crippen LogP contribution in [0, 0.1) is 5.92 Å². The van der Waals surface area contributed by atoms with Crippen LogP contribution in [0.25, 0.3) is 0 Å². The summed E-state index contributed by atoms with van der Waals surface area (Å²) in [5.74, 6) is 0.260. The van der Waals surface area contributed by atoms with Gasteiger partial charge in [-0.15, -0.1) is 0 Å². The van der Waals surface area contributed by atoms with Crippen LogP contribution < -0.4 is 0 Å². The molecule has 134 valence electrons. The van der Waals surface area contributed by atoms with E-state index in [0.717, 1.165) is 37.7 Å². The average Bonchev–Trinajstić information content (AvgIpc) is 3.18. The fourth-order valence-electron chi connectivity index (χ4n) is 3.37. The zero-order valence-electron chi connectivity index (χ0n) is 15.9. The van der Waals surface area contributed by atoms with Crippen molar-refractivity contribution in [2.24, 2.45) is 5.92 Å². The number of ether oxygens (including phenoxy) is 2. The molecule has 0 aromatic heterocycles.